The second-order valence-electron chi connectivity index (χ2n) is 6.83. The van der Waals surface area contributed by atoms with Gasteiger partial charge in [0.25, 0.3) is 0 Å². The Labute approximate surface area is 120 Å². The molecule has 114 valence electrons. The average Bonchev–Trinajstić information content (AvgIpc) is 2.33. The van der Waals surface area contributed by atoms with Crippen molar-refractivity contribution in [2.75, 3.05) is 6.61 Å². The molecule has 2 heteroatoms. The van der Waals surface area contributed by atoms with Crippen molar-refractivity contribution >= 4 is 5.97 Å². The van der Waals surface area contributed by atoms with Gasteiger partial charge in [0.15, 0.2) is 0 Å². The number of ether oxygens (including phenoxy) is 1. The fourth-order valence-corrected chi connectivity index (χ4v) is 1.87. The molecule has 0 aromatic carbocycles. The predicted molar refractivity (Wildman–Crippen MR) is 82.2 cm³/mol. The van der Waals surface area contributed by atoms with E-state index < -0.39 is 0 Å². The van der Waals surface area contributed by atoms with Crippen LogP contribution in [0.1, 0.15) is 86.0 Å². The van der Waals surface area contributed by atoms with Crippen LogP contribution in [0.25, 0.3) is 0 Å². The molecule has 0 heterocycles. The van der Waals surface area contributed by atoms with E-state index in [9.17, 15) is 4.79 Å². The maximum Gasteiger partial charge on any atom is 0.305 e. The van der Waals surface area contributed by atoms with Crippen LogP contribution in [0, 0.1) is 11.3 Å². The van der Waals surface area contributed by atoms with Crippen LogP contribution in [0.2, 0.25) is 0 Å². The van der Waals surface area contributed by atoms with E-state index in [0.29, 0.717) is 13.0 Å². The van der Waals surface area contributed by atoms with Crippen LogP contribution in [-0.4, -0.2) is 12.6 Å². The van der Waals surface area contributed by atoms with Crippen molar-refractivity contribution in [3.63, 3.8) is 0 Å². The molecular formula is C17H34O2. The average molecular weight is 270 g/mol. The van der Waals surface area contributed by atoms with Crippen molar-refractivity contribution < 1.29 is 9.53 Å². The minimum Gasteiger partial charge on any atom is -0.466 e. The maximum atomic E-state index is 11.5. The molecule has 0 saturated carbocycles. The van der Waals surface area contributed by atoms with Crippen molar-refractivity contribution in [2.24, 2.45) is 11.3 Å². The molecule has 0 aliphatic rings. The smallest absolute Gasteiger partial charge is 0.305 e. The van der Waals surface area contributed by atoms with Gasteiger partial charge in [-0.25, -0.2) is 0 Å². The van der Waals surface area contributed by atoms with Gasteiger partial charge in [0.05, 0.1) is 6.61 Å². The number of hydrogen-bond donors (Lipinski definition) is 0. The molecule has 0 fully saturated rings. The van der Waals surface area contributed by atoms with Crippen molar-refractivity contribution in [1.82, 2.24) is 0 Å². The standard InChI is InChI=1S/C17H34O2/c1-6-17(4,5)13-14-19-16(18)12-10-8-7-9-11-15(2)3/h15H,6-14H2,1-5H3. The number of unbranched alkanes of at least 4 members (excludes halogenated alkanes) is 3. The van der Waals surface area contributed by atoms with Gasteiger partial charge in [-0.05, 0) is 24.2 Å². The van der Waals surface area contributed by atoms with Crippen molar-refractivity contribution in [3.8, 4) is 0 Å². The zero-order chi connectivity index (χ0) is 14.7. The topological polar surface area (TPSA) is 26.3 Å². The molecule has 0 aliphatic heterocycles. The summed E-state index contributed by atoms with van der Waals surface area (Å²) in [6.45, 7) is 11.7. The van der Waals surface area contributed by atoms with Gasteiger partial charge in [-0.2, -0.15) is 0 Å². The highest BCUT2D eigenvalue weighted by atomic mass is 16.5. The number of esters is 1. The highest BCUT2D eigenvalue weighted by molar-refractivity contribution is 5.69. The summed E-state index contributed by atoms with van der Waals surface area (Å²) in [4.78, 5) is 11.5. The summed E-state index contributed by atoms with van der Waals surface area (Å²) < 4.78 is 5.29. The summed E-state index contributed by atoms with van der Waals surface area (Å²) in [7, 11) is 0. The summed E-state index contributed by atoms with van der Waals surface area (Å²) in [5, 5.41) is 0. The Morgan fingerprint density at radius 2 is 1.74 bits per heavy atom. The van der Waals surface area contributed by atoms with Gasteiger partial charge in [-0.3, -0.25) is 4.79 Å². The fraction of sp³-hybridized carbons (Fsp3) is 0.941. The molecule has 0 N–H and O–H groups in total. The lowest BCUT2D eigenvalue weighted by atomic mass is 9.87. The lowest BCUT2D eigenvalue weighted by Gasteiger charge is -2.21. The normalized spacial score (nSPS) is 11.9. The van der Waals surface area contributed by atoms with Gasteiger partial charge < -0.3 is 4.74 Å². The van der Waals surface area contributed by atoms with Gasteiger partial charge >= 0.3 is 5.97 Å². The van der Waals surface area contributed by atoms with Crippen molar-refractivity contribution in [3.05, 3.63) is 0 Å². The molecule has 0 atom stereocenters. The van der Waals surface area contributed by atoms with Gasteiger partial charge in [0.2, 0.25) is 0 Å². The molecule has 0 aromatic heterocycles. The molecule has 0 saturated heterocycles. The summed E-state index contributed by atoms with van der Waals surface area (Å²) >= 11 is 0. The minimum atomic E-state index is -0.0178. The minimum absolute atomic E-state index is 0.0178. The van der Waals surface area contributed by atoms with Gasteiger partial charge in [-0.1, -0.05) is 66.7 Å². The number of rotatable bonds is 11. The molecule has 0 rings (SSSR count). The van der Waals surface area contributed by atoms with E-state index >= 15 is 0 Å². The summed E-state index contributed by atoms with van der Waals surface area (Å²) in [6.07, 6.45) is 8.65. The first-order chi connectivity index (χ1) is 8.87. The number of carbonyl (C=O) groups is 1. The fourth-order valence-electron chi connectivity index (χ4n) is 1.87. The van der Waals surface area contributed by atoms with E-state index in [4.69, 9.17) is 4.74 Å². The molecular weight excluding hydrogens is 236 g/mol. The van der Waals surface area contributed by atoms with Crippen LogP contribution in [0.3, 0.4) is 0 Å². The quantitative estimate of drug-likeness (QED) is 0.373. The third-order valence-electron chi connectivity index (χ3n) is 3.91. The first-order valence-electron chi connectivity index (χ1n) is 8.03. The van der Waals surface area contributed by atoms with E-state index in [1.54, 1.807) is 0 Å². The van der Waals surface area contributed by atoms with E-state index in [1.165, 1.54) is 19.3 Å². The molecule has 0 spiro atoms. The summed E-state index contributed by atoms with van der Waals surface area (Å²) in [6, 6.07) is 0. The molecule has 0 aromatic rings. The third kappa shape index (κ3) is 12.3. The Balaban J connectivity index is 3.40. The van der Waals surface area contributed by atoms with E-state index in [1.807, 2.05) is 0 Å². The van der Waals surface area contributed by atoms with Gasteiger partial charge in [-0.15, -0.1) is 0 Å². The monoisotopic (exact) mass is 270 g/mol. The highest BCUT2D eigenvalue weighted by Gasteiger charge is 2.15. The van der Waals surface area contributed by atoms with E-state index in [2.05, 4.69) is 34.6 Å². The summed E-state index contributed by atoms with van der Waals surface area (Å²) in [5.41, 5.74) is 0.289. The number of hydrogen-bond acceptors (Lipinski definition) is 2. The Morgan fingerprint density at radius 1 is 1.11 bits per heavy atom. The SMILES string of the molecule is CCC(C)(C)CCOC(=O)CCCCCCC(C)C. The van der Waals surface area contributed by atoms with Crippen molar-refractivity contribution in [1.29, 1.82) is 0 Å². The lowest BCUT2D eigenvalue weighted by molar-refractivity contribution is -0.144. The van der Waals surface area contributed by atoms with Crippen LogP contribution in [0.5, 0.6) is 0 Å². The molecule has 0 aliphatic carbocycles. The largest absolute Gasteiger partial charge is 0.466 e. The number of carbonyl (C=O) groups excluding carboxylic acids is 1. The Kier molecular flexibility index (Phi) is 9.99. The van der Waals surface area contributed by atoms with Crippen LogP contribution < -0.4 is 0 Å². The molecule has 0 unspecified atom stereocenters. The Bertz CT molecular complexity index is 231. The highest BCUT2D eigenvalue weighted by Crippen LogP contribution is 2.24. The van der Waals surface area contributed by atoms with Gasteiger partial charge in [0, 0.05) is 6.42 Å². The second kappa shape index (κ2) is 10.3. The maximum absolute atomic E-state index is 11.5. The zero-order valence-corrected chi connectivity index (χ0v) is 13.8. The Morgan fingerprint density at radius 3 is 2.32 bits per heavy atom. The first kappa shape index (κ1) is 18.5. The van der Waals surface area contributed by atoms with Crippen LogP contribution >= 0.6 is 0 Å². The lowest BCUT2D eigenvalue weighted by Crippen LogP contribution is -2.15. The summed E-state index contributed by atoms with van der Waals surface area (Å²) in [5.74, 6) is 0.780. The van der Waals surface area contributed by atoms with Crippen molar-refractivity contribution in [2.45, 2.75) is 86.0 Å². The molecule has 0 amide bonds. The molecule has 2 nitrogen and oxygen atoms in total. The zero-order valence-electron chi connectivity index (χ0n) is 13.8. The van der Waals surface area contributed by atoms with E-state index in [-0.39, 0.29) is 11.4 Å². The van der Waals surface area contributed by atoms with Crippen LogP contribution in [0.15, 0.2) is 0 Å². The van der Waals surface area contributed by atoms with Crippen LogP contribution in [-0.2, 0) is 9.53 Å². The van der Waals surface area contributed by atoms with E-state index in [0.717, 1.165) is 31.6 Å². The van der Waals surface area contributed by atoms with Crippen LogP contribution in [0.4, 0.5) is 0 Å². The molecule has 19 heavy (non-hydrogen) atoms. The Hall–Kier alpha value is -0.530. The molecule has 0 radical (unpaired) electrons. The predicted octanol–water partition coefficient (Wildman–Crippen LogP) is 5.35. The molecule has 0 bridgehead atoms. The van der Waals surface area contributed by atoms with Gasteiger partial charge in [0.1, 0.15) is 0 Å². The first-order valence-corrected chi connectivity index (χ1v) is 8.03. The third-order valence-corrected chi connectivity index (χ3v) is 3.91. The second-order valence-corrected chi connectivity index (χ2v) is 6.83.